The van der Waals surface area contributed by atoms with Crippen molar-refractivity contribution < 1.29 is 17.6 Å². The third kappa shape index (κ3) is 4.83. The molecule has 2 aromatic heterocycles. The van der Waals surface area contributed by atoms with Crippen molar-refractivity contribution in [1.82, 2.24) is 9.29 Å². The standard InChI is InChI=1S/C27H29N3O4S2/c1-18-6-4-12-29(16-18)36(32,33)23-10-8-21(9-11-23)26(31)30(17-22-7-5-13-34-22)27-28-25-20(3)14-19(2)15-24(25)35-27/h5,7-11,13-15,18H,4,6,12,16-17H2,1-3H3. The summed E-state index contributed by atoms with van der Waals surface area (Å²) < 4.78 is 34.4. The normalized spacial score (nSPS) is 16.9. The first-order valence-electron chi connectivity index (χ1n) is 12.0. The first-order chi connectivity index (χ1) is 17.2. The number of thiazole rings is 1. The molecule has 7 nitrogen and oxygen atoms in total. The van der Waals surface area contributed by atoms with Gasteiger partial charge >= 0.3 is 0 Å². The monoisotopic (exact) mass is 523 g/mol. The minimum atomic E-state index is -3.59. The van der Waals surface area contributed by atoms with Crippen LogP contribution < -0.4 is 4.90 Å². The van der Waals surface area contributed by atoms with Gasteiger partial charge in [-0.2, -0.15) is 4.31 Å². The van der Waals surface area contributed by atoms with Crippen LogP contribution >= 0.6 is 11.3 Å². The van der Waals surface area contributed by atoms with Crippen molar-refractivity contribution in [3.63, 3.8) is 0 Å². The van der Waals surface area contributed by atoms with E-state index < -0.39 is 10.0 Å². The summed E-state index contributed by atoms with van der Waals surface area (Å²) in [5, 5.41) is 0.569. The average molecular weight is 524 g/mol. The van der Waals surface area contributed by atoms with E-state index in [0.29, 0.717) is 35.5 Å². The van der Waals surface area contributed by atoms with Crippen LogP contribution in [0.1, 0.15) is 47.0 Å². The average Bonchev–Trinajstić information content (AvgIpc) is 3.52. The first kappa shape index (κ1) is 24.7. The number of hydrogen-bond acceptors (Lipinski definition) is 6. The fourth-order valence-electron chi connectivity index (χ4n) is 4.70. The van der Waals surface area contributed by atoms with Gasteiger partial charge in [0.05, 0.1) is 27.9 Å². The van der Waals surface area contributed by atoms with E-state index in [9.17, 15) is 13.2 Å². The number of nitrogens with zero attached hydrogens (tertiary/aromatic N) is 3. The Morgan fingerprint density at radius 3 is 2.67 bits per heavy atom. The minimum absolute atomic E-state index is 0.205. The number of carbonyl (C=O) groups excluding carboxylic acids is 1. The zero-order chi connectivity index (χ0) is 25.4. The Labute approximate surface area is 215 Å². The number of fused-ring (bicyclic) bond motifs is 1. The van der Waals surface area contributed by atoms with Crippen molar-refractivity contribution in [2.45, 2.75) is 45.1 Å². The number of aryl methyl sites for hydroxylation is 2. The Balaban J connectivity index is 1.47. The molecule has 1 unspecified atom stereocenters. The second kappa shape index (κ2) is 9.80. The third-order valence-electron chi connectivity index (χ3n) is 6.55. The Hall–Kier alpha value is -3.01. The molecular formula is C27H29N3O4S2. The van der Waals surface area contributed by atoms with Crippen LogP contribution in [0.5, 0.6) is 0 Å². The second-order valence-electron chi connectivity index (χ2n) is 9.53. The van der Waals surface area contributed by atoms with Gasteiger partial charge in [0.25, 0.3) is 5.91 Å². The molecule has 0 aliphatic carbocycles. The topological polar surface area (TPSA) is 83.7 Å². The summed E-state index contributed by atoms with van der Waals surface area (Å²) in [6.07, 6.45) is 3.47. The molecule has 0 saturated carbocycles. The molecule has 36 heavy (non-hydrogen) atoms. The van der Waals surface area contributed by atoms with Crippen LogP contribution in [0.4, 0.5) is 5.13 Å². The number of furan rings is 1. The van der Waals surface area contributed by atoms with Gasteiger partial charge in [0.2, 0.25) is 10.0 Å². The Morgan fingerprint density at radius 1 is 1.19 bits per heavy atom. The lowest BCUT2D eigenvalue weighted by Crippen LogP contribution is -2.39. The quantitative estimate of drug-likeness (QED) is 0.320. The maximum Gasteiger partial charge on any atom is 0.260 e. The number of benzene rings is 2. The number of sulfonamides is 1. The lowest BCUT2D eigenvalue weighted by Gasteiger charge is -2.30. The Kier molecular flexibility index (Phi) is 6.72. The molecule has 1 aliphatic heterocycles. The molecule has 1 amide bonds. The first-order valence-corrected chi connectivity index (χ1v) is 14.3. The van der Waals surface area contributed by atoms with Crippen molar-refractivity contribution in [2.24, 2.45) is 5.92 Å². The molecule has 1 fully saturated rings. The molecule has 2 aromatic carbocycles. The fourth-order valence-corrected chi connectivity index (χ4v) is 7.44. The van der Waals surface area contributed by atoms with Gasteiger partial charge in [-0.1, -0.05) is 24.3 Å². The smallest absolute Gasteiger partial charge is 0.260 e. The highest BCUT2D eigenvalue weighted by Gasteiger charge is 2.29. The highest BCUT2D eigenvalue weighted by molar-refractivity contribution is 7.89. The largest absolute Gasteiger partial charge is 0.467 e. The summed E-state index contributed by atoms with van der Waals surface area (Å²) in [5.74, 6) is 0.704. The van der Waals surface area contributed by atoms with Crippen LogP contribution in [0.2, 0.25) is 0 Å². The SMILES string of the molecule is Cc1cc(C)c2nc(N(Cc3ccco3)C(=O)c3ccc(S(=O)(=O)N4CCCC(C)C4)cc3)sc2c1. The number of carbonyl (C=O) groups is 1. The lowest BCUT2D eigenvalue weighted by molar-refractivity contribution is 0.0983. The van der Waals surface area contributed by atoms with Crippen LogP contribution in [0.15, 0.2) is 64.1 Å². The molecule has 1 saturated heterocycles. The highest BCUT2D eigenvalue weighted by atomic mass is 32.2. The summed E-state index contributed by atoms with van der Waals surface area (Å²) in [6, 6.07) is 14.0. The molecule has 188 valence electrons. The molecule has 5 rings (SSSR count). The molecule has 0 bridgehead atoms. The van der Waals surface area contributed by atoms with Gasteiger partial charge in [0.1, 0.15) is 5.76 Å². The number of amides is 1. The van der Waals surface area contributed by atoms with E-state index in [-0.39, 0.29) is 17.3 Å². The Morgan fingerprint density at radius 2 is 1.97 bits per heavy atom. The maximum atomic E-state index is 13.7. The van der Waals surface area contributed by atoms with E-state index >= 15 is 0 Å². The summed E-state index contributed by atoms with van der Waals surface area (Å²) >= 11 is 1.45. The van der Waals surface area contributed by atoms with Crippen molar-refractivity contribution >= 4 is 42.6 Å². The maximum absolute atomic E-state index is 13.7. The van der Waals surface area contributed by atoms with Gasteiger partial charge in [-0.3, -0.25) is 9.69 Å². The summed E-state index contributed by atoms with van der Waals surface area (Å²) in [6.45, 7) is 7.39. The highest BCUT2D eigenvalue weighted by Crippen LogP contribution is 2.33. The second-order valence-corrected chi connectivity index (χ2v) is 12.5. The Bertz CT molecular complexity index is 1490. The van der Waals surface area contributed by atoms with Gasteiger partial charge < -0.3 is 4.42 Å². The summed E-state index contributed by atoms with van der Waals surface area (Å²) in [4.78, 5) is 20.3. The number of piperidine rings is 1. The zero-order valence-corrected chi connectivity index (χ0v) is 22.2. The van der Waals surface area contributed by atoms with Crippen molar-refractivity contribution in [2.75, 3.05) is 18.0 Å². The summed E-state index contributed by atoms with van der Waals surface area (Å²) in [7, 11) is -3.59. The molecule has 9 heteroatoms. The van der Waals surface area contributed by atoms with Crippen LogP contribution in [-0.4, -0.2) is 36.7 Å². The number of anilines is 1. The van der Waals surface area contributed by atoms with Crippen molar-refractivity contribution in [1.29, 1.82) is 0 Å². The molecule has 4 aromatic rings. The number of rotatable bonds is 6. The molecule has 0 radical (unpaired) electrons. The molecule has 1 atom stereocenters. The van der Waals surface area contributed by atoms with E-state index in [1.54, 1.807) is 33.7 Å². The molecular weight excluding hydrogens is 494 g/mol. The van der Waals surface area contributed by atoms with Gasteiger partial charge in [-0.15, -0.1) is 0 Å². The van der Waals surface area contributed by atoms with E-state index in [0.717, 1.165) is 34.2 Å². The van der Waals surface area contributed by atoms with E-state index in [2.05, 4.69) is 19.1 Å². The molecule has 1 aliphatic rings. The van der Waals surface area contributed by atoms with Crippen molar-refractivity contribution in [3.8, 4) is 0 Å². The van der Waals surface area contributed by atoms with Gasteiger partial charge in [0, 0.05) is 18.7 Å². The predicted molar refractivity (Wildman–Crippen MR) is 142 cm³/mol. The van der Waals surface area contributed by atoms with Crippen molar-refractivity contribution in [3.05, 3.63) is 77.2 Å². The zero-order valence-electron chi connectivity index (χ0n) is 20.6. The fraction of sp³-hybridized carbons (Fsp3) is 0.333. The van der Waals surface area contributed by atoms with E-state index in [1.807, 2.05) is 19.9 Å². The minimum Gasteiger partial charge on any atom is -0.467 e. The lowest BCUT2D eigenvalue weighted by atomic mass is 10.0. The molecule has 0 spiro atoms. The van der Waals surface area contributed by atoms with Gasteiger partial charge in [-0.05, 0) is 86.2 Å². The predicted octanol–water partition coefficient (Wildman–Crippen LogP) is 5.77. The number of hydrogen-bond donors (Lipinski definition) is 0. The third-order valence-corrected chi connectivity index (χ3v) is 9.45. The molecule has 3 heterocycles. The molecule has 0 N–H and O–H groups in total. The van der Waals surface area contributed by atoms with Crippen LogP contribution in [-0.2, 0) is 16.6 Å². The van der Waals surface area contributed by atoms with Crippen LogP contribution in [0.3, 0.4) is 0 Å². The summed E-state index contributed by atoms with van der Waals surface area (Å²) in [5.41, 5.74) is 3.45. The van der Waals surface area contributed by atoms with E-state index in [1.165, 1.54) is 23.5 Å². The number of aromatic nitrogens is 1. The van der Waals surface area contributed by atoms with Crippen LogP contribution in [0.25, 0.3) is 10.2 Å². The van der Waals surface area contributed by atoms with E-state index in [4.69, 9.17) is 9.40 Å². The van der Waals surface area contributed by atoms with Gasteiger partial charge in [-0.25, -0.2) is 13.4 Å². The van der Waals surface area contributed by atoms with Gasteiger partial charge in [0.15, 0.2) is 5.13 Å². The van der Waals surface area contributed by atoms with Crippen LogP contribution in [0, 0.1) is 19.8 Å².